The van der Waals surface area contributed by atoms with Gasteiger partial charge >= 0.3 is 0 Å². The van der Waals surface area contributed by atoms with Gasteiger partial charge in [0.25, 0.3) is 11.8 Å². The third-order valence-electron chi connectivity index (χ3n) is 4.48. The van der Waals surface area contributed by atoms with E-state index >= 15 is 0 Å². The van der Waals surface area contributed by atoms with Crippen molar-refractivity contribution in [3.8, 4) is 5.88 Å². The van der Waals surface area contributed by atoms with E-state index in [0.29, 0.717) is 18.0 Å². The number of anilines is 1. The summed E-state index contributed by atoms with van der Waals surface area (Å²) in [6.45, 7) is 1.49. The molecule has 1 aromatic carbocycles. The molecule has 0 aliphatic carbocycles. The molecule has 0 radical (unpaired) electrons. The summed E-state index contributed by atoms with van der Waals surface area (Å²) in [5.41, 5.74) is 1.62. The van der Waals surface area contributed by atoms with Gasteiger partial charge in [-0.3, -0.25) is 4.79 Å². The molecule has 1 aliphatic rings. The molecule has 0 bridgehead atoms. The number of nitrogens with one attached hydrogen (secondary N) is 2. The van der Waals surface area contributed by atoms with E-state index in [2.05, 4.69) is 25.2 Å². The average Bonchev–Trinajstić information content (AvgIpc) is 3.30. The van der Waals surface area contributed by atoms with E-state index in [4.69, 9.17) is 4.74 Å². The SMILES string of the molecule is COc1nccnc1N1CC[C@H](NC(=O)c2ccc3cc[nH]c3c2)C1. The van der Waals surface area contributed by atoms with Crippen molar-refractivity contribution in [3.05, 3.63) is 48.4 Å². The van der Waals surface area contributed by atoms with Gasteiger partial charge < -0.3 is 19.9 Å². The van der Waals surface area contributed by atoms with E-state index in [1.165, 1.54) is 0 Å². The van der Waals surface area contributed by atoms with E-state index < -0.39 is 0 Å². The van der Waals surface area contributed by atoms with Crippen LogP contribution in [-0.2, 0) is 0 Å². The molecule has 2 N–H and O–H groups in total. The first kappa shape index (κ1) is 15.4. The van der Waals surface area contributed by atoms with Crippen LogP contribution >= 0.6 is 0 Å². The summed E-state index contributed by atoms with van der Waals surface area (Å²) in [6, 6.07) is 7.73. The molecule has 1 atom stereocenters. The molecule has 128 valence electrons. The van der Waals surface area contributed by atoms with E-state index in [1.54, 1.807) is 19.5 Å². The molecule has 4 rings (SSSR count). The second kappa shape index (κ2) is 6.43. The van der Waals surface area contributed by atoms with Gasteiger partial charge in [-0.15, -0.1) is 0 Å². The highest BCUT2D eigenvalue weighted by atomic mass is 16.5. The minimum Gasteiger partial charge on any atom is -0.478 e. The van der Waals surface area contributed by atoms with Crippen molar-refractivity contribution < 1.29 is 9.53 Å². The summed E-state index contributed by atoms with van der Waals surface area (Å²) >= 11 is 0. The first-order valence-corrected chi connectivity index (χ1v) is 8.22. The van der Waals surface area contributed by atoms with Crippen LogP contribution in [0.5, 0.6) is 5.88 Å². The number of hydrogen-bond acceptors (Lipinski definition) is 5. The van der Waals surface area contributed by atoms with E-state index in [1.807, 2.05) is 30.5 Å². The molecule has 25 heavy (non-hydrogen) atoms. The van der Waals surface area contributed by atoms with Gasteiger partial charge in [0.15, 0.2) is 5.82 Å². The zero-order valence-electron chi connectivity index (χ0n) is 13.9. The third kappa shape index (κ3) is 3.00. The Bertz CT molecular complexity index is 907. The first-order chi connectivity index (χ1) is 12.2. The number of aromatic amines is 1. The number of fused-ring (bicyclic) bond motifs is 1. The number of ether oxygens (including phenoxy) is 1. The third-order valence-corrected chi connectivity index (χ3v) is 4.48. The normalized spacial score (nSPS) is 17.0. The monoisotopic (exact) mass is 337 g/mol. The summed E-state index contributed by atoms with van der Waals surface area (Å²) in [5.74, 6) is 1.16. The Morgan fingerprint density at radius 1 is 1.32 bits per heavy atom. The fourth-order valence-corrected chi connectivity index (χ4v) is 3.21. The summed E-state index contributed by atoms with van der Waals surface area (Å²) in [6.07, 6.45) is 5.98. The Hall–Kier alpha value is -3.09. The second-order valence-corrected chi connectivity index (χ2v) is 6.07. The lowest BCUT2D eigenvalue weighted by atomic mass is 10.1. The van der Waals surface area contributed by atoms with Gasteiger partial charge in [-0.25, -0.2) is 9.97 Å². The standard InChI is InChI=1S/C18H19N5O2/c1-25-18-16(20-7-8-21-18)23-9-5-14(11-23)22-17(24)13-3-2-12-4-6-19-15(12)10-13/h2-4,6-8,10,14,19H,5,9,11H2,1H3,(H,22,24)/t14-/m0/s1. The molecular formula is C18H19N5O2. The zero-order chi connectivity index (χ0) is 17.2. The Balaban J connectivity index is 1.44. The number of aromatic nitrogens is 3. The molecule has 0 saturated carbocycles. The number of rotatable bonds is 4. The van der Waals surface area contributed by atoms with Crippen molar-refractivity contribution in [2.24, 2.45) is 0 Å². The minimum absolute atomic E-state index is 0.0607. The fourth-order valence-electron chi connectivity index (χ4n) is 3.21. The Morgan fingerprint density at radius 3 is 3.08 bits per heavy atom. The number of benzene rings is 1. The summed E-state index contributed by atoms with van der Waals surface area (Å²) < 4.78 is 5.27. The number of nitrogens with zero attached hydrogens (tertiary/aromatic N) is 3. The van der Waals surface area contributed by atoms with E-state index in [0.717, 1.165) is 29.7 Å². The fraction of sp³-hybridized carbons (Fsp3) is 0.278. The van der Waals surface area contributed by atoms with Crippen molar-refractivity contribution in [3.63, 3.8) is 0 Å². The van der Waals surface area contributed by atoms with Crippen LogP contribution in [0.2, 0.25) is 0 Å². The molecule has 7 nitrogen and oxygen atoms in total. The Morgan fingerprint density at radius 2 is 2.20 bits per heavy atom. The number of amides is 1. The van der Waals surface area contributed by atoms with Gasteiger partial charge in [0.1, 0.15) is 0 Å². The maximum Gasteiger partial charge on any atom is 0.257 e. The summed E-state index contributed by atoms with van der Waals surface area (Å²) in [4.78, 5) is 26.3. The van der Waals surface area contributed by atoms with Crippen LogP contribution in [0.15, 0.2) is 42.9 Å². The van der Waals surface area contributed by atoms with Gasteiger partial charge in [-0.05, 0) is 30.0 Å². The molecule has 0 unspecified atom stereocenters. The molecule has 0 spiro atoms. The Labute approximate surface area is 145 Å². The van der Waals surface area contributed by atoms with Gasteiger partial charge in [-0.1, -0.05) is 6.07 Å². The van der Waals surface area contributed by atoms with Crippen molar-refractivity contribution in [1.82, 2.24) is 20.3 Å². The van der Waals surface area contributed by atoms with E-state index in [9.17, 15) is 4.79 Å². The van der Waals surface area contributed by atoms with Gasteiger partial charge in [0, 0.05) is 48.8 Å². The van der Waals surface area contributed by atoms with Crippen molar-refractivity contribution >= 4 is 22.6 Å². The summed E-state index contributed by atoms with van der Waals surface area (Å²) in [7, 11) is 1.58. The topological polar surface area (TPSA) is 83.1 Å². The van der Waals surface area contributed by atoms with Crippen LogP contribution in [0.3, 0.4) is 0 Å². The molecule has 1 aliphatic heterocycles. The molecule has 1 fully saturated rings. The molecule has 7 heteroatoms. The smallest absolute Gasteiger partial charge is 0.257 e. The number of carbonyl (C=O) groups is 1. The van der Waals surface area contributed by atoms with Crippen molar-refractivity contribution in [1.29, 1.82) is 0 Å². The molecule has 3 heterocycles. The van der Waals surface area contributed by atoms with Crippen LogP contribution < -0.4 is 15.0 Å². The molecule has 1 amide bonds. The van der Waals surface area contributed by atoms with Crippen molar-refractivity contribution in [2.75, 3.05) is 25.1 Å². The number of methoxy groups -OCH3 is 1. The predicted octanol–water partition coefficient (Wildman–Crippen LogP) is 1.98. The van der Waals surface area contributed by atoms with Crippen LogP contribution in [0, 0.1) is 0 Å². The lowest BCUT2D eigenvalue weighted by Gasteiger charge is -2.19. The minimum atomic E-state index is -0.0607. The largest absolute Gasteiger partial charge is 0.478 e. The highest BCUT2D eigenvalue weighted by molar-refractivity contribution is 5.98. The molecule has 3 aromatic rings. The van der Waals surface area contributed by atoms with Crippen LogP contribution in [-0.4, -0.2) is 47.1 Å². The van der Waals surface area contributed by atoms with Crippen LogP contribution in [0.25, 0.3) is 10.9 Å². The van der Waals surface area contributed by atoms with Gasteiger partial charge in [-0.2, -0.15) is 0 Å². The van der Waals surface area contributed by atoms with Crippen LogP contribution in [0.1, 0.15) is 16.8 Å². The lowest BCUT2D eigenvalue weighted by molar-refractivity contribution is 0.0940. The maximum absolute atomic E-state index is 12.5. The lowest BCUT2D eigenvalue weighted by Crippen LogP contribution is -2.37. The number of H-pyrrole nitrogens is 1. The average molecular weight is 337 g/mol. The second-order valence-electron chi connectivity index (χ2n) is 6.07. The van der Waals surface area contributed by atoms with Gasteiger partial charge in [0.2, 0.25) is 0 Å². The maximum atomic E-state index is 12.5. The van der Waals surface area contributed by atoms with Crippen molar-refractivity contribution in [2.45, 2.75) is 12.5 Å². The van der Waals surface area contributed by atoms with Gasteiger partial charge in [0.05, 0.1) is 7.11 Å². The molecule has 2 aromatic heterocycles. The number of hydrogen-bond donors (Lipinski definition) is 2. The summed E-state index contributed by atoms with van der Waals surface area (Å²) in [5, 5.41) is 4.20. The van der Waals surface area contributed by atoms with E-state index in [-0.39, 0.29) is 11.9 Å². The zero-order valence-corrected chi connectivity index (χ0v) is 13.9. The Kier molecular flexibility index (Phi) is 3.97. The predicted molar refractivity (Wildman–Crippen MR) is 95.0 cm³/mol. The quantitative estimate of drug-likeness (QED) is 0.760. The highest BCUT2D eigenvalue weighted by Crippen LogP contribution is 2.26. The first-order valence-electron chi connectivity index (χ1n) is 8.22. The highest BCUT2D eigenvalue weighted by Gasteiger charge is 2.27. The molecular weight excluding hydrogens is 318 g/mol. The number of carbonyl (C=O) groups excluding carboxylic acids is 1. The molecule has 1 saturated heterocycles. The van der Waals surface area contributed by atoms with Crippen LogP contribution in [0.4, 0.5) is 5.82 Å².